The van der Waals surface area contributed by atoms with Gasteiger partial charge in [-0.1, -0.05) is 54.6 Å². The Morgan fingerprint density at radius 1 is 1.00 bits per heavy atom. The summed E-state index contributed by atoms with van der Waals surface area (Å²) in [5.41, 5.74) is 2.09. The van der Waals surface area contributed by atoms with E-state index in [1.807, 2.05) is 54.6 Å². The van der Waals surface area contributed by atoms with Crippen LogP contribution >= 0.6 is 0 Å². The van der Waals surface area contributed by atoms with Crippen molar-refractivity contribution >= 4 is 0 Å². The van der Waals surface area contributed by atoms with E-state index < -0.39 is 6.10 Å². The maximum absolute atomic E-state index is 9.96. The van der Waals surface area contributed by atoms with Gasteiger partial charge in [-0.05, 0) is 17.2 Å². The maximum atomic E-state index is 9.96. The molecule has 1 nitrogen and oxygen atoms in total. The summed E-state index contributed by atoms with van der Waals surface area (Å²) in [6.07, 6.45) is 0.229. The number of aliphatic hydroxyl groups excluding tert-OH is 1. The van der Waals surface area contributed by atoms with Crippen molar-refractivity contribution in [2.45, 2.75) is 12.5 Å². The lowest BCUT2D eigenvalue weighted by atomic mass is 10.0. The Morgan fingerprint density at radius 3 is 2.33 bits per heavy atom. The van der Waals surface area contributed by atoms with Gasteiger partial charge in [0.1, 0.15) is 0 Å². The molecule has 0 saturated heterocycles. The highest BCUT2D eigenvalue weighted by atomic mass is 16.3. The summed E-state index contributed by atoms with van der Waals surface area (Å²) in [5, 5.41) is 9.96. The van der Waals surface area contributed by atoms with Gasteiger partial charge < -0.3 is 5.11 Å². The zero-order valence-electron chi connectivity index (χ0n) is 8.43. The molecule has 0 heterocycles. The van der Waals surface area contributed by atoms with E-state index in [4.69, 9.17) is 0 Å². The van der Waals surface area contributed by atoms with E-state index in [1.54, 1.807) is 0 Å². The van der Waals surface area contributed by atoms with Gasteiger partial charge in [-0.15, -0.1) is 0 Å². The second kappa shape index (κ2) is 4.76. The Bertz CT molecular complexity index is 394. The van der Waals surface area contributed by atoms with Crippen LogP contribution < -0.4 is 0 Å². The summed E-state index contributed by atoms with van der Waals surface area (Å²) in [5.74, 6) is 0. The molecule has 2 rings (SSSR count). The lowest BCUT2D eigenvalue weighted by molar-refractivity contribution is 0.178. The molecule has 0 spiro atoms. The second-order valence-corrected chi connectivity index (χ2v) is 3.54. The van der Waals surface area contributed by atoms with E-state index >= 15 is 0 Å². The van der Waals surface area contributed by atoms with E-state index in [0.29, 0.717) is 6.42 Å². The van der Waals surface area contributed by atoms with Crippen LogP contribution in [0.2, 0.25) is 0 Å². The van der Waals surface area contributed by atoms with Crippen LogP contribution in [-0.4, -0.2) is 5.11 Å². The average Bonchev–Trinajstić information content (AvgIpc) is 2.31. The van der Waals surface area contributed by atoms with Gasteiger partial charge in [0.05, 0.1) is 6.10 Å². The summed E-state index contributed by atoms with van der Waals surface area (Å²) >= 11 is 0. The number of rotatable bonds is 3. The molecule has 2 aromatic carbocycles. The predicted octanol–water partition coefficient (Wildman–Crippen LogP) is 2.76. The molecular formula is C14H13O. The lowest BCUT2D eigenvalue weighted by Gasteiger charge is -2.10. The van der Waals surface area contributed by atoms with Gasteiger partial charge in [0, 0.05) is 6.42 Å². The van der Waals surface area contributed by atoms with Gasteiger partial charge in [0.25, 0.3) is 0 Å². The Hall–Kier alpha value is -1.60. The van der Waals surface area contributed by atoms with Crippen LogP contribution in [0.3, 0.4) is 0 Å². The average molecular weight is 197 g/mol. The topological polar surface area (TPSA) is 20.2 Å². The molecule has 1 N–H and O–H groups in total. The fourth-order valence-corrected chi connectivity index (χ4v) is 1.57. The van der Waals surface area contributed by atoms with Crippen LogP contribution in [-0.2, 0) is 6.42 Å². The zero-order chi connectivity index (χ0) is 10.5. The van der Waals surface area contributed by atoms with Crippen molar-refractivity contribution in [3.63, 3.8) is 0 Å². The van der Waals surface area contributed by atoms with Crippen molar-refractivity contribution < 1.29 is 5.11 Å². The molecule has 0 aliphatic carbocycles. The molecule has 1 radical (unpaired) electrons. The van der Waals surface area contributed by atoms with E-state index in [-0.39, 0.29) is 0 Å². The quantitative estimate of drug-likeness (QED) is 0.802. The molecular weight excluding hydrogens is 184 g/mol. The molecule has 0 fully saturated rings. The van der Waals surface area contributed by atoms with Crippen molar-refractivity contribution in [1.82, 2.24) is 0 Å². The lowest BCUT2D eigenvalue weighted by Crippen LogP contribution is -2.01. The molecule has 1 heteroatoms. The van der Waals surface area contributed by atoms with Gasteiger partial charge in [-0.25, -0.2) is 0 Å². The first-order chi connectivity index (χ1) is 7.36. The normalized spacial score (nSPS) is 12.3. The second-order valence-electron chi connectivity index (χ2n) is 3.54. The maximum Gasteiger partial charge on any atom is 0.0830 e. The zero-order valence-corrected chi connectivity index (χ0v) is 8.43. The largest absolute Gasteiger partial charge is 0.388 e. The Labute approximate surface area is 90.0 Å². The molecule has 15 heavy (non-hydrogen) atoms. The van der Waals surface area contributed by atoms with Crippen LogP contribution in [0.15, 0.2) is 54.6 Å². The molecule has 1 atom stereocenters. The van der Waals surface area contributed by atoms with E-state index in [9.17, 15) is 5.11 Å². The highest BCUT2D eigenvalue weighted by Crippen LogP contribution is 2.17. The monoisotopic (exact) mass is 197 g/mol. The Morgan fingerprint density at radius 2 is 1.67 bits per heavy atom. The molecule has 0 aromatic heterocycles. The molecule has 0 amide bonds. The predicted molar refractivity (Wildman–Crippen MR) is 60.4 cm³/mol. The number of hydrogen-bond donors (Lipinski definition) is 1. The van der Waals surface area contributed by atoms with Crippen molar-refractivity contribution in [2.24, 2.45) is 0 Å². The van der Waals surface area contributed by atoms with Crippen LogP contribution in [0.1, 0.15) is 17.2 Å². The van der Waals surface area contributed by atoms with Crippen molar-refractivity contribution in [3.8, 4) is 0 Å². The van der Waals surface area contributed by atoms with Gasteiger partial charge in [0.2, 0.25) is 0 Å². The first-order valence-corrected chi connectivity index (χ1v) is 5.04. The van der Waals surface area contributed by atoms with E-state index in [1.165, 1.54) is 0 Å². The number of hydrogen-bond acceptors (Lipinski definition) is 1. The summed E-state index contributed by atoms with van der Waals surface area (Å²) in [6.45, 7) is 0. The summed E-state index contributed by atoms with van der Waals surface area (Å²) in [7, 11) is 0. The van der Waals surface area contributed by atoms with Crippen LogP contribution in [0.4, 0.5) is 0 Å². The third-order valence-electron chi connectivity index (χ3n) is 2.40. The SMILES string of the molecule is OC(Cc1cc[c]cc1)c1ccccc1. The van der Waals surface area contributed by atoms with Crippen molar-refractivity contribution in [1.29, 1.82) is 0 Å². The Kier molecular flexibility index (Phi) is 3.15. The summed E-state index contributed by atoms with van der Waals surface area (Å²) in [4.78, 5) is 0. The minimum atomic E-state index is -0.423. The fraction of sp³-hybridized carbons (Fsp3) is 0.143. The van der Waals surface area contributed by atoms with Crippen LogP contribution in [0.25, 0.3) is 0 Å². The van der Waals surface area contributed by atoms with Crippen LogP contribution in [0.5, 0.6) is 0 Å². The molecule has 0 aliphatic heterocycles. The highest BCUT2D eigenvalue weighted by molar-refractivity contribution is 5.21. The van der Waals surface area contributed by atoms with Gasteiger partial charge in [-0.2, -0.15) is 0 Å². The summed E-state index contributed by atoms with van der Waals surface area (Å²) < 4.78 is 0. The number of aliphatic hydroxyl groups is 1. The minimum Gasteiger partial charge on any atom is -0.388 e. The molecule has 0 bridgehead atoms. The van der Waals surface area contributed by atoms with Crippen LogP contribution in [0, 0.1) is 6.07 Å². The minimum absolute atomic E-state index is 0.423. The van der Waals surface area contributed by atoms with Gasteiger partial charge in [0.15, 0.2) is 0 Å². The fourth-order valence-electron chi connectivity index (χ4n) is 1.57. The first kappa shape index (κ1) is 9.94. The number of benzene rings is 2. The molecule has 2 aromatic rings. The van der Waals surface area contributed by atoms with Crippen molar-refractivity contribution in [3.05, 3.63) is 71.8 Å². The molecule has 75 valence electrons. The van der Waals surface area contributed by atoms with Gasteiger partial charge in [-0.3, -0.25) is 0 Å². The highest BCUT2D eigenvalue weighted by Gasteiger charge is 2.06. The third kappa shape index (κ3) is 2.67. The van der Waals surface area contributed by atoms with Crippen molar-refractivity contribution in [2.75, 3.05) is 0 Å². The standard InChI is InChI=1S/C14H13O/c15-14(13-9-5-2-6-10-13)11-12-7-3-1-4-8-12/h2-10,14-15H,11H2. The third-order valence-corrected chi connectivity index (χ3v) is 2.40. The van der Waals surface area contributed by atoms with E-state index in [2.05, 4.69) is 6.07 Å². The summed E-state index contributed by atoms with van der Waals surface area (Å²) in [6, 6.07) is 20.4. The van der Waals surface area contributed by atoms with E-state index in [0.717, 1.165) is 11.1 Å². The molecule has 0 saturated carbocycles. The van der Waals surface area contributed by atoms with Gasteiger partial charge >= 0.3 is 0 Å². The molecule has 1 unspecified atom stereocenters. The molecule has 0 aliphatic rings. The first-order valence-electron chi connectivity index (χ1n) is 5.04. The smallest absolute Gasteiger partial charge is 0.0830 e. The Balaban J connectivity index is 2.08.